The molecule has 114 valence electrons. The Kier molecular flexibility index (Phi) is 3.60. The van der Waals surface area contributed by atoms with Gasteiger partial charge in [0, 0.05) is 5.39 Å². The maximum atomic E-state index is 12.9. The fourth-order valence-corrected chi connectivity index (χ4v) is 3.95. The molecule has 6 nitrogen and oxygen atoms in total. The van der Waals surface area contributed by atoms with Crippen molar-refractivity contribution in [1.29, 1.82) is 5.26 Å². The standard InChI is InChI=1S/C16H11N3O3S/c17-10-12-5-4-8-16-15(12)9-13(11-18-20)19(16)23(21,22)14-6-2-1-3-7-14/h1-9,11,20H. The summed E-state index contributed by atoms with van der Waals surface area (Å²) in [4.78, 5) is 0.104. The summed E-state index contributed by atoms with van der Waals surface area (Å²) in [6.45, 7) is 0. The van der Waals surface area contributed by atoms with Gasteiger partial charge >= 0.3 is 0 Å². The normalized spacial score (nSPS) is 11.8. The Labute approximate surface area is 132 Å². The lowest BCUT2D eigenvalue weighted by atomic mass is 10.1. The van der Waals surface area contributed by atoms with E-state index in [1.807, 2.05) is 6.07 Å². The molecular formula is C16H11N3O3S. The first kappa shape index (κ1) is 14.8. The van der Waals surface area contributed by atoms with Gasteiger partial charge in [-0.05, 0) is 30.3 Å². The van der Waals surface area contributed by atoms with Gasteiger partial charge < -0.3 is 5.21 Å². The summed E-state index contributed by atoms with van der Waals surface area (Å²) < 4.78 is 26.9. The Bertz CT molecular complexity index is 1050. The fraction of sp³-hybridized carbons (Fsp3) is 0. The summed E-state index contributed by atoms with van der Waals surface area (Å²) in [5.41, 5.74) is 0.856. The number of rotatable bonds is 3. The van der Waals surface area contributed by atoms with Gasteiger partial charge in [-0.2, -0.15) is 5.26 Å². The molecule has 0 bridgehead atoms. The third-order valence-electron chi connectivity index (χ3n) is 3.42. The molecular weight excluding hydrogens is 314 g/mol. The van der Waals surface area contributed by atoms with Crippen molar-refractivity contribution in [2.75, 3.05) is 0 Å². The van der Waals surface area contributed by atoms with Crippen LogP contribution in [0.4, 0.5) is 0 Å². The zero-order chi connectivity index (χ0) is 16.4. The molecule has 0 aliphatic heterocycles. The van der Waals surface area contributed by atoms with Gasteiger partial charge in [0.2, 0.25) is 0 Å². The van der Waals surface area contributed by atoms with Crippen LogP contribution in [0.2, 0.25) is 0 Å². The van der Waals surface area contributed by atoms with E-state index >= 15 is 0 Å². The second-order valence-corrected chi connectivity index (χ2v) is 6.53. The van der Waals surface area contributed by atoms with Crippen molar-refractivity contribution >= 4 is 27.1 Å². The van der Waals surface area contributed by atoms with Crippen LogP contribution in [0.1, 0.15) is 11.3 Å². The zero-order valence-electron chi connectivity index (χ0n) is 11.8. The van der Waals surface area contributed by atoms with Crippen LogP contribution >= 0.6 is 0 Å². The Hall–Kier alpha value is -3.11. The molecule has 0 saturated carbocycles. The van der Waals surface area contributed by atoms with E-state index in [0.717, 1.165) is 10.2 Å². The van der Waals surface area contributed by atoms with E-state index in [0.29, 0.717) is 16.5 Å². The molecule has 3 aromatic rings. The van der Waals surface area contributed by atoms with Crippen LogP contribution in [-0.4, -0.2) is 23.8 Å². The first-order valence-corrected chi connectivity index (χ1v) is 8.06. The monoisotopic (exact) mass is 325 g/mol. The number of benzene rings is 2. The molecule has 0 spiro atoms. The van der Waals surface area contributed by atoms with Gasteiger partial charge in [0.15, 0.2) is 0 Å². The minimum Gasteiger partial charge on any atom is -0.411 e. The number of oxime groups is 1. The molecule has 23 heavy (non-hydrogen) atoms. The van der Waals surface area contributed by atoms with E-state index in [9.17, 15) is 13.7 Å². The van der Waals surface area contributed by atoms with Crippen LogP contribution < -0.4 is 0 Å². The van der Waals surface area contributed by atoms with E-state index in [1.54, 1.807) is 36.4 Å². The molecule has 0 fully saturated rings. The maximum absolute atomic E-state index is 12.9. The van der Waals surface area contributed by atoms with E-state index < -0.39 is 10.0 Å². The highest BCUT2D eigenvalue weighted by atomic mass is 32.2. The van der Waals surface area contributed by atoms with Crippen molar-refractivity contribution in [3.63, 3.8) is 0 Å². The lowest BCUT2D eigenvalue weighted by Gasteiger charge is -2.09. The number of hydrogen-bond acceptors (Lipinski definition) is 5. The zero-order valence-corrected chi connectivity index (χ0v) is 12.6. The number of hydrogen-bond donors (Lipinski definition) is 1. The van der Waals surface area contributed by atoms with Crippen LogP contribution in [0.15, 0.2) is 64.6 Å². The van der Waals surface area contributed by atoms with Crippen LogP contribution in [-0.2, 0) is 10.0 Å². The Balaban J connectivity index is 2.41. The van der Waals surface area contributed by atoms with Crippen molar-refractivity contribution in [2.24, 2.45) is 5.16 Å². The molecule has 0 atom stereocenters. The fourth-order valence-electron chi connectivity index (χ4n) is 2.44. The summed E-state index contributed by atoms with van der Waals surface area (Å²) in [6, 6.07) is 16.3. The number of fused-ring (bicyclic) bond motifs is 1. The molecule has 7 heteroatoms. The van der Waals surface area contributed by atoms with Crippen molar-refractivity contribution in [3.05, 3.63) is 65.9 Å². The highest BCUT2D eigenvalue weighted by Crippen LogP contribution is 2.27. The second-order valence-electron chi connectivity index (χ2n) is 4.75. The lowest BCUT2D eigenvalue weighted by Crippen LogP contribution is -2.15. The first-order valence-electron chi connectivity index (χ1n) is 6.62. The van der Waals surface area contributed by atoms with Crippen LogP contribution in [0, 0.1) is 11.3 Å². The topological polar surface area (TPSA) is 95.4 Å². The molecule has 0 saturated heterocycles. The van der Waals surface area contributed by atoms with Crippen LogP contribution in [0.5, 0.6) is 0 Å². The largest absolute Gasteiger partial charge is 0.411 e. The van der Waals surface area contributed by atoms with Crippen molar-refractivity contribution in [2.45, 2.75) is 4.90 Å². The van der Waals surface area contributed by atoms with E-state index in [4.69, 9.17) is 5.21 Å². The van der Waals surface area contributed by atoms with Crippen molar-refractivity contribution in [1.82, 2.24) is 3.97 Å². The summed E-state index contributed by atoms with van der Waals surface area (Å²) in [5.74, 6) is 0. The molecule has 0 aliphatic carbocycles. The van der Waals surface area contributed by atoms with Gasteiger partial charge in [0.1, 0.15) is 0 Å². The van der Waals surface area contributed by atoms with Gasteiger partial charge in [-0.1, -0.05) is 29.4 Å². The van der Waals surface area contributed by atoms with Gasteiger partial charge in [0.05, 0.1) is 34.0 Å². The molecule has 0 radical (unpaired) electrons. The lowest BCUT2D eigenvalue weighted by molar-refractivity contribution is 0.321. The predicted molar refractivity (Wildman–Crippen MR) is 85.1 cm³/mol. The number of nitriles is 1. The van der Waals surface area contributed by atoms with Gasteiger partial charge in [-0.3, -0.25) is 0 Å². The van der Waals surface area contributed by atoms with Crippen LogP contribution in [0.3, 0.4) is 0 Å². The minimum atomic E-state index is -3.90. The molecule has 1 heterocycles. The second kappa shape index (κ2) is 5.59. The Morgan fingerprint density at radius 2 is 1.87 bits per heavy atom. The quantitative estimate of drug-likeness (QED) is 0.455. The molecule has 0 unspecified atom stereocenters. The molecule has 2 aromatic carbocycles. The third-order valence-corrected chi connectivity index (χ3v) is 5.18. The summed E-state index contributed by atoms with van der Waals surface area (Å²) in [6.07, 6.45) is 1.03. The minimum absolute atomic E-state index is 0.104. The smallest absolute Gasteiger partial charge is 0.268 e. The SMILES string of the molecule is N#Cc1cccc2c1cc(C=NO)n2S(=O)(=O)c1ccccc1. The van der Waals surface area contributed by atoms with E-state index in [-0.39, 0.29) is 10.6 Å². The molecule has 1 aromatic heterocycles. The highest BCUT2D eigenvalue weighted by molar-refractivity contribution is 7.90. The van der Waals surface area contributed by atoms with Gasteiger partial charge in [-0.25, -0.2) is 12.4 Å². The summed E-state index contributed by atoms with van der Waals surface area (Å²) in [7, 11) is -3.90. The van der Waals surface area contributed by atoms with Gasteiger partial charge in [0.25, 0.3) is 10.0 Å². The Morgan fingerprint density at radius 3 is 2.52 bits per heavy atom. The number of aromatic nitrogens is 1. The third kappa shape index (κ3) is 2.35. The number of nitrogens with zero attached hydrogens (tertiary/aromatic N) is 3. The van der Waals surface area contributed by atoms with Crippen molar-refractivity contribution < 1.29 is 13.6 Å². The molecule has 3 rings (SSSR count). The molecule has 0 aliphatic rings. The van der Waals surface area contributed by atoms with E-state index in [2.05, 4.69) is 5.16 Å². The van der Waals surface area contributed by atoms with Crippen LogP contribution in [0.25, 0.3) is 10.9 Å². The average Bonchev–Trinajstić information content (AvgIpc) is 2.94. The highest BCUT2D eigenvalue weighted by Gasteiger charge is 2.23. The van der Waals surface area contributed by atoms with Crippen molar-refractivity contribution in [3.8, 4) is 6.07 Å². The Morgan fingerprint density at radius 1 is 1.13 bits per heavy atom. The van der Waals surface area contributed by atoms with E-state index in [1.165, 1.54) is 18.2 Å². The molecule has 0 amide bonds. The van der Waals surface area contributed by atoms with Gasteiger partial charge in [-0.15, -0.1) is 0 Å². The first-order chi connectivity index (χ1) is 11.1. The predicted octanol–water partition coefficient (Wildman–Crippen LogP) is 2.56. The summed E-state index contributed by atoms with van der Waals surface area (Å²) >= 11 is 0. The average molecular weight is 325 g/mol. The summed E-state index contributed by atoms with van der Waals surface area (Å²) in [5, 5.41) is 21.4. The maximum Gasteiger partial charge on any atom is 0.268 e. The molecule has 1 N–H and O–H groups in total.